The molecule has 6 nitrogen and oxygen atoms in total. The first-order chi connectivity index (χ1) is 18.1. The lowest BCUT2D eigenvalue weighted by Crippen LogP contribution is -2.33. The SMILES string of the molecule is CCCCCC1=Cc2c(ncc(C(=O)CCc3ccc(-n4ccnc4)cc3)c2NC2CCC(N)CC2)C1. The van der Waals surface area contributed by atoms with Crippen LogP contribution in [0.4, 0.5) is 5.69 Å². The number of fused-ring (bicyclic) bond motifs is 1. The van der Waals surface area contributed by atoms with E-state index in [1.165, 1.54) is 24.8 Å². The second kappa shape index (κ2) is 11.9. The summed E-state index contributed by atoms with van der Waals surface area (Å²) in [7, 11) is 0. The molecule has 3 aromatic rings. The number of carbonyl (C=O) groups is 1. The normalized spacial score (nSPS) is 18.9. The number of nitrogens with zero attached hydrogens (tertiary/aromatic N) is 3. The summed E-state index contributed by atoms with van der Waals surface area (Å²) in [6, 6.07) is 8.99. The molecule has 0 spiro atoms. The number of imidazole rings is 1. The van der Waals surface area contributed by atoms with E-state index in [1.54, 1.807) is 12.5 Å². The molecule has 37 heavy (non-hydrogen) atoms. The van der Waals surface area contributed by atoms with Crippen LogP contribution in [0.25, 0.3) is 11.8 Å². The summed E-state index contributed by atoms with van der Waals surface area (Å²) in [5.74, 6) is 0.150. The maximum absolute atomic E-state index is 13.5. The highest BCUT2D eigenvalue weighted by Gasteiger charge is 2.26. The van der Waals surface area contributed by atoms with Crippen molar-refractivity contribution in [3.05, 3.63) is 77.1 Å². The van der Waals surface area contributed by atoms with Gasteiger partial charge in [0, 0.05) is 54.8 Å². The lowest BCUT2D eigenvalue weighted by atomic mass is 9.91. The number of hydrogen-bond donors (Lipinski definition) is 2. The lowest BCUT2D eigenvalue weighted by Gasteiger charge is -2.29. The number of carbonyl (C=O) groups excluding carboxylic acids is 1. The van der Waals surface area contributed by atoms with Crippen LogP contribution in [0.5, 0.6) is 0 Å². The summed E-state index contributed by atoms with van der Waals surface area (Å²) < 4.78 is 1.98. The molecule has 1 fully saturated rings. The molecule has 0 aliphatic heterocycles. The Morgan fingerprint density at radius 2 is 1.92 bits per heavy atom. The van der Waals surface area contributed by atoms with Crippen molar-refractivity contribution in [1.82, 2.24) is 14.5 Å². The molecule has 2 aromatic heterocycles. The third-order valence-corrected chi connectivity index (χ3v) is 7.84. The molecule has 1 saturated carbocycles. The smallest absolute Gasteiger partial charge is 0.166 e. The second-order valence-electron chi connectivity index (χ2n) is 10.7. The van der Waals surface area contributed by atoms with E-state index in [9.17, 15) is 4.79 Å². The zero-order valence-corrected chi connectivity index (χ0v) is 22.0. The number of rotatable bonds is 11. The number of unbranched alkanes of at least 4 members (excludes halogenated alkanes) is 2. The number of nitrogens with one attached hydrogen (secondary N) is 1. The molecule has 0 amide bonds. The average molecular weight is 498 g/mol. The van der Waals surface area contributed by atoms with Gasteiger partial charge in [-0.25, -0.2) is 4.98 Å². The fraction of sp³-hybridized carbons (Fsp3) is 0.452. The van der Waals surface area contributed by atoms with Crippen LogP contribution in [0.1, 0.15) is 91.9 Å². The van der Waals surface area contributed by atoms with Crippen molar-refractivity contribution in [1.29, 1.82) is 0 Å². The third kappa shape index (κ3) is 6.19. The van der Waals surface area contributed by atoms with E-state index >= 15 is 0 Å². The number of aryl methyl sites for hydroxylation is 1. The van der Waals surface area contributed by atoms with Crippen molar-refractivity contribution < 1.29 is 4.79 Å². The predicted molar refractivity (Wildman–Crippen MR) is 150 cm³/mol. The van der Waals surface area contributed by atoms with Gasteiger partial charge in [-0.2, -0.15) is 0 Å². The molecule has 0 unspecified atom stereocenters. The van der Waals surface area contributed by atoms with E-state index in [1.807, 2.05) is 17.0 Å². The molecule has 2 heterocycles. The number of pyridine rings is 1. The largest absolute Gasteiger partial charge is 0.381 e. The highest BCUT2D eigenvalue weighted by atomic mass is 16.1. The summed E-state index contributed by atoms with van der Waals surface area (Å²) >= 11 is 0. The Labute approximate surface area is 220 Å². The maximum Gasteiger partial charge on any atom is 0.166 e. The van der Waals surface area contributed by atoms with Crippen molar-refractivity contribution in [3.63, 3.8) is 0 Å². The van der Waals surface area contributed by atoms with E-state index < -0.39 is 0 Å². The fourth-order valence-electron chi connectivity index (χ4n) is 5.57. The molecule has 0 atom stereocenters. The van der Waals surface area contributed by atoms with Gasteiger partial charge in [0.15, 0.2) is 5.78 Å². The molecule has 0 radical (unpaired) electrons. The lowest BCUT2D eigenvalue weighted by molar-refractivity contribution is 0.0983. The highest BCUT2D eigenvalue weighted by Crippen LogP contribution is 2.36. The minimum Gasteiger partial charge on any atom is -0.381 e. The van der Waals surface area contributed by atoms with Crippen molar-refractivity contribution in [2.75, 3.05) is 5.32 Å². The molecule has 194 valence electrons. The average Bonchev–Trinajstić information content (AvgIpc) is 3.60. The van der Waals surface area contributed by atoms with Gasteiger partial charge < -0.3 is 15.6 Å². The van der Waals surface area contributed by atoms with Gasteiger partial charge in [0.25, 0.3) is 0 Å². The number of nitrogens with two attached hydrogens (primary N) is 1. The molecule has 2 aliphatic carbocycles. The minimum absolute atomic E-state index is 0.150. The Balaban J connectivity index is 1.33. The summed E-state index contributed by atoms with van der Waals surface area (Å²) in [4.78, 5) is 22.4. The van der Waals surface area contributed by atoms with Crippen LogP contribution in [0.15, 0.2) is 54.8 Å². The van der Waals surface area contributed by atoms with Gasteiger partial charge in [0.05, 0.1) is 23.3 Å². The molecule has 2 aliphatic rings. The van der Waals surface area contributed by atoms with Crippen LogP contribution >= 0.6 is 0 Å². The van der Waals surface area contributed by atoms with Gasteiger partial charge in [0.1, 0.15) is 0 Å². The summed E-state index contributed by atoms with van der Waals surface area (Å²) in [6.45, 7) is 2.24. The van der Waals surface area contributed by atoms with Crippen LogP contribution in [-0.4, -0.2) is 32.4 Å². The Kier molecular flexibility index (Phi) is 8.15. The molecule has 6 heteroatoms. The van der Waals surface area contributed by atoms with Crippen LogP contribution in [0.3, 0.4) is 0 Å². The Hall–Kier alpha value is -3.25. The number of aromatic nitrogens is 3. The first-order valence-corrected chi connectivity index (χ1v) is 13.9. The first-order valence-electron chi connectivity index (χ1n) is 13.9. The maximum atomic E-state index is 13.5. The number of ketones is 1. The summed E-state index contributed by atoms with van der Waals surface area (Å²) in [5.41, 5.74) is 13.8. The van der Waals surface area contributed by atoms with Gasteiger partial charge in [-0.05, 0) is 62.6 Å². The molecular weight excluding hydrogens is 458 g/mol. The molecule has 0 bridgehead atoms. The van der Waals surface area contributed by atoms with Gasteiger partial charge in [-0.15, -0.1) is 0 Å². The van der Waals surface area contributed by atoms with Crippen LogP contribution in [0.2, 0.25) is 0 Å². The molecular formula is C31H39N5O. The van der Waals surface area contributed by atoms with Gasteiger partial charge in [-0.3, -0.25) is 9.78 Å². The first kappa shape index (κ1) is 25.4. The van der Waals surface area contributed by atoms with Crippen LogP contribution < -0.4 is 11.1 Å². The Morgan fingerprint density at radius 3 is 2.65 bits per heavy atom. The third-order valence-electron chi connectivity index (χ3n) is 7.84. The number of hydrogen-bond acceptors (Lipinski definition) is 5. The Morgan fingerprint density at radius 1 is 1.11 bits per heavy atom. The predicted octanol–water partition coefficient (Wildman–Crippen LogP) is 6.28. The van der Waals surface area contributed by atoms with Gasteiger partial charge >= 0.3 is 0 Å². The Bertz CT molecular complexity index is 1220. The van der Waals surface area contributed by atoms with E-state index in [0.717, 1.165) is 72.3 Å². The van der Waals surface area contributed by atoms with Gasteiger partial charge in [0.2, 0.25) is 0 Å². The number of anilines is 1. The fourth-order valence-corrected chi connectivity index (χ4v) is 5.57. The molecule has 0 saturated heterocycles. The topological polar surface area (TPSA) is 85.8 Å². The standard InChI is InChI=1S/C31H39N5O/c1-2-3-4-5-23-18-27-29(19-23)34-20-28(31(27)35-25-11-9-24(32)10-12-25)30(37)15-8-22-6-13-26(14-7-22)36-17-16-33-21-36/h6-7,13-14,16-18,20-21,24-25H,2-5,8-12,15,19,32H2,1H3,(H,34,35). The zero-order chi connectivity index (χ0) is 25.6. The monoisotopic (exact) mass is 497 g/mol. The highest BCUT2D eigenvalue weighted by molar-refractivity contribution is 6.03. The van der Waals surface area contributed by atoms with Gasteiger partial charge in [-0.1, -0.05) is 43.5 Å². The molecule has 1 aromatic carbocycles. The second-order valence-corrected chi connectivity index (χ2v) is 10.7. The van der Waals surface area contributed by atoms with E-state index in [4.69, 9.17) is 10.7 Å². The van der Waals surface area contributed by atoms with Crippen molar-refractivity contribution in [2.45, 2.75) is 89.6 Å². The summed E-state index contributed by atoms with van der Waals surface area (Å²) in [5, 5.41) is 3.79. The van der Waals surface area contributed by atoms with Crippen LogP contribution in [0, 0.1) is 0 Å². The quantitative estimate of drug-likeness (QED) is 0.240. The summed E-state index contributed by atoms with van der Waals surface area (Å²) in [6.07, 6.45) is 20.6. The van der Waals surface area contributed by atoms with E-state index in [0.29, 0.717) is 24.9 Å². The molecule has 3 N–H and O–H groups in total. The zero-order valence-electron chi connectivity index (χ0n) is 22.0. The number of allylic oxidation sites excluding steroid dienone is 1. The van der Waals surface area contributed by atoms with Crippen LogP contribution in [-0.2, 0) is 12.8 Å². The molecule has 5 rings (SSSR count). The van der Waals surface area contributed by atoms with E-state index in [2.05, 4.69) is 47.6 Å². The van der Waals surface area contributed by atoms with Crippen molar-refractivity contribution >= 4 is 17.5 Å². The number of benzene rings is 1. The number of Topliss-reactive ketones (excluding diaryl/α,β-unsaturated/α-hetero) is 1. The van der Waals surface area contributed by atoms with Crippen molar-refractivity contribution in [3.8, 4) is 5.69 Å². The van der Waals surface area contributed by atoms with Crippen molar-refractivity contribution in [2.24, 2.45) is 5.73 Å². The minimum atomic E-state index is 0.150. The van der Waals surface area contributed by atoms with E-state index in [-0.39, 0.29) is 5.78 Å².